The van der Waals surface area contributed by atoms with Crippen LogP contribution in [0.1, 0.15) is 29.2 Å². The Bertz CT molecular complexity index is 844. The van der Waals surface area contributed by atoms with E-state index in [1.165, 1.54) is 22.8 Å². The summed E-state index contributed by atoms with van der Waals surface area (Å²) >= 11 is 0. The van der Waals surface area contributed by atoms with Gasteiger partial charge in [-0.15, -0.1) is 0 Å². The van der Waals surface area contributed by atoms with Crippen molar-refractivity contribution in [3.8, 4) is 0 Å². The lowest BCUT2D eigenvalue weighted by atomic mass is 10.1. The van der Waals surface area contributed by atoms with Crippen LogP contribution in [0, 0.1) is 26.6 Å². The zero-order valence-corrected chi connectivity index (χ0v) is 17.8. The Labute approximate surface area is 172 Å². The molecule has 0 heterocycles. The molecule has 0 unspecified atom stereocenters. The molecule has 6 heteroatoms. The molecule has 29 heavy (non-hydrogen) atoms. The van der Waals surface area contributed by atoms with Crippen LogP contribution in [-0.4, -0.2) is 31.8 Å². The number of benzene rings is 2. The lowest BCUT2D eigenvalue weighted by Gasteiger charge is -2.23. The Balaban J connectivity index is 0.000000960. The highest BCUT2D eigenvalue weighted by molar-refractivity contribution is 5.55. The van der Waals surface area contributed by atoms with Crippen molar-refractivity contribution in [2.75, 3.05) is 19.1 Å². The molecule has 1 N–H and O–H groups in total. The van der Waals surface area contributed by atoms with Gasteiger partial charge in [-0.2, -0.15) is 0 Å². The van der Waals surface area contributed by atoms with Gasteiger partial charge in [0.2, 0.25) is 6.41 Å². The Kier molecular flexibility index (Phi) is 10.2. The number of rotatable bonds is 8. The highest BCUT2D eigenvalue weighted by Gasteiger charge is 2.07. The number of ether oxygens (including phenoxy) is 1. The first-order valence-electron chi connectivity index (χ1n) is 9.22. The van der Waals surface area contributed by atoms with Gasteiger partial charge in [-0.25, -0.2) is 9.38 Å². The van der Waals surface area contributed by atoms with E-state index in [0.29, 0.717) is 19.6 Å². The third-order valence-corrected chi connectivity index (χ3v) is 4.35. The Morgan fingerprint density at radius 1 is 1.21 bits per heavy atom. The lowest BCUT2D eigenvalue weighted by molar-refractivity contribution is -0.106. The fraction of sp³-hybridized carbons (Fsp3) is 0.304. The lowest BCUT2D eigenvalue weighted by Crippen LogP contribution is -2.25. The summed E-state index contributed by atoms with van der Waals surface area (Å²) in [6, 6.07) is 11.0. The second-order valence-electron chi connectivity index (χ2n) is 6.69. The molecular weight excluding hydrogens is 369 g/mol. The van der Waals surface area contributed by atoms with Crippen LogP contribution >= 0.6 is 0 Å². The molecule has 0 bridgehead atoms. The summed E-state index contributed by atoms with van der Waals surface area (Å²) in [7, 11) is 1.65. The molecule has 0 spiro atoms. The average molecular weight is 400 g/mol. The minimum absolute atomic E-state index is 0.220. The number of carbonyl (C=O) groups is 1. The number of carbonyl (C=O) groups excluding carboxylic acids is 1. The fourth-order valence-electron chi connectivity index (χ4n) is 2.66. The van der Waals surface area contributed by atoms with E-state index in [1.807, 2.05) is 19.2 Å². The van der Waals surface area contributed by atoms with Crippen molar-refractivity contribution in [2.45, 2.75) is 34.2 Å². The maximum atomic E-state index is 13.5. The van der Waals surface area contributed by atoms with Crippen LogP contribution in [0.3, 0.4) is 0 Å². The van der Waals surface area contributed by atoms with Gasteiger partial charge in [0.05, 0.1) is 13.8 Å². The number of anilines is 1. The van der Waals surface area contributed by atoms with Gasteiger partial charge in [0.15, 0.2) is 0 Å². The molecule has 0 aliphatic carbocycles. The zero-order chi connectivity index (χ0) is 21.8. The monoisotopic (exact) mass is 399 g/mol. The summed E-state index contributed by atoms with van der Waals surface area (Å²) in [5.74, 6) is 0.581. The van der Waals surface area contributed by atoms with Crippen LogP contribution in [0.4, 0.5) is 10.1 Å². The average Bonchev–Trinajstić information content (AvgIpc) is 2.69. The van der Waals surface area contributed by atoms with Gasteiger partial charge in [0.1, 0.15) is 11.6 Å². The first-order chi connectivity index (χ1) is 13.8. The molecular formula is C23H30FN3O2. The summed E-state index contributed by atoms with van der Waals surface area (Å²) in [6.07, 6.45) is 2.33. The number of nitrogens with one attached hydrogen (secondary N) is 1. The van der Waals surface area contributed by atoms with Gasteiger partial charge in [-0.1, -0.05) is 18.2 Å². The summed E-state index contributed by atoms with van der Waals surface area (Å²) < 4.78 is 18.7. The normalized spacial score (nSPS) is 10.5. The van der Waals surface area contributed by atoms with Crippen molar-refractivity contribution in [1.29, 1.82) is 0 Å². The maximum Gasteiger partial charge on any atom is 0.232 e. The molecule has 2 aromatic rings. The van der Waals surface area contributed by atoms with Gasteiger partial charge in [0, 0.05) is 18.4 Å². The molecule has 0 aromatic heterocycles. The maximum absolute atomic E-state index is 13.5. The van der Waals surface area contributed by atoms with E-state index < -0.39 is 0 Å². The molecule has 2 rings (SSSR count). The number of halogens is 1. The highest BCUT2D eigenvalue weighted by atomic mass is 19.1. The van der Waals surface area contributed by atoms with Crippen molar-refractivity contribution >= 4 is 18.8 Å². The number of methoxy groups -OCH3 is 1. The van der Waals surface area contributed by atoms with E-state index in [0.717, 1.165) is 17.0 Å². The first kappa shape index (κ1) is 23.9. The second kappa shape index (κ2) is 12.3. The van der Waals surface area contributed by atoms with Gasteiger partial charge in [0.25, 0.3) is 0 Å². The first-order valence-corrected chi connectivity index (χ1v) is 9.22. The van der Waals surface area contributed by atoms with Gasteiger partial charge < -0.3 is 15.0 Å². The van der Waals surface area contributed by atoms with Gasteiger partial charge in [-0.05, 0) is 74.9 Å². The van der Waals surface area contributed by atoms with Gasteiger partial charge >= 0.3 is 0 Å². The van der Waals surface area contributed by atoms with Crippen molar-refractivity contribution in [2.24, 2.45) is 4.99 Å². The molecule has 2 aromatic carbocycles. The standard InChI is InChI=1S/C21H27FN2O.C2H3NO/c1-15-9-17(3)21(10-16(15)2)23-14-24(12-18(4)25-5)13-19-7-6-8-20(22)11-19;1-3-2-4/h6-12,23H,13-14H2,1-5H3;2H,1H2/b18-12+;. The fourth-order valence-corrected chi connectivity index (χ4v) is 2.66. The van der Waals surface area contributed by atoms with Crippen LogP contribution in [0.15, 0.2) is 53.3 Å². The predicted octanol–water partition coefficient (Wildman–Crippen LogP) is 4.97. The molecule has 0 fully saturated rings. The van der Waals surface area contributed by atoms with Crippen molar-refractivity contribution < 1.29 is 13.9 Å². The molecule has 156 valence electrons. The van der Waals surface area contributed by atoms with E-state index in [4.69, 9.17) is 9.53 Å². The molecule has 0 radical (unpaired) electrons. The number of aliphatic imine (C=N–C) groups is 1. The SMILES string of the molecule is C=NC=O.CO/C(C)=C/N(CNc1cc(C)c(C)cc1C)Cc1cccc(F)c1. The number of amides is 1. The van der Waals surface area contributed by atoms with Crippen LogP contribution in [-0.2, 0) is 16.1 Å². The second-order valence-corrected chi connectivity index (χ2v) is 6.69. The Morgan fingerprint density at radius 3 is 2.45 bits per heavy atom. The number of nitrogens with zero attached hydrogens (tertiary/aromatic N) is 2. The highest BCUT2D eigenvalue weighted by Crippen LogP contribution is 2.20. The number of allylic oxidation sites excluding steroid dienone is 1. The Hall–Kier alpha value is -3.15. The number of hydrogen-bond donors (Lipinski definition) is 1. The van der Waals surface area contributed by atoms with Crippen LogP contribution in [0.2, 0.25) is 0 Å². The third-order valence-electron chi connectivity index (χ3n) is 4.35. The molecule has 0 atom stereocenters. The minimum Gasteiger partial charge on any atom is -0.500 e. The van der Waals surface area contributed by atoms with E-state index in [1.54, 1.807) is 19.2 Å². The van der Waals surface area contributed by atoms with Crippen LogP contribution in [0.25, 0.3) is 0 Å². The number of aryl methyl sites for hydroxylation is 3. The molecule has 5 nitrogen and oxygen atoms in total. The molecule has 0 aliphatic heterocycles. The van der Waals surface area contributed by atoms with E-state index >= 15 is 0 Å². The van der Waals surface area contributed by atoms with E-state index in [9.17, 15) is 4.39 Å². The van der Waals surface area contributed by atoms with E-state index in [-0.39, 0.29) is 5.82 Å². The summed E-state index contributed by atoms with van der Waals surface area (Å²) in [5.41, 5.74) is 5.78. The summed E-state index contributed by atoms with van der Waals surface area (Å²) in [6.45, 7) is 12.3. The van der Waals surface area contributed by atoms with E-state index in [2.05, 4.69) is 54.8 Å². The number of hydrogen-bond acceptors (Lipinski definition) is 4. The zero-order valence-electron chi connectivity index (χ0n) is 17.8. The third kappa shape index (κ3) is 8.60. The minimum atomic E-state index is -0.220. The van der Waals surface area contributed by atoms with Crippen molar-refractivity contribution in [3.05, 3.63) is 76.4 Å². The molecule has 0 saturated carbocycles. The molecule has 1 amide bonds. The van der Waals surface area contributed by atoms with Crippen molar-refractivity contribution in [1.82, 2.24) is 4.90 Å². The Morgan fingerprint density at radius 2 is 1.86 bits per heavy atom. The molecule has 0 saturated heterocycles. The summed E-state index contributed by atoms with van der Waals surface area (Å²) in [4.78, 5) is 13.8. The predicted molar refractivity (Wildman–Crippen MR) is 117 cm³/mol. The topological polar surface area (TPSA) is 53.9 Å². The summed E-state index contributed by atoms with van der Waals surface area (Å²) in [5, 5.41) is 3.48. The molecule has 0 aliphatic rings. The quantitative estimate of drug-likeness (QED) is 0.295. The van der Waals surface area contributed by atoms with Crippen molar-refractivity contribution in [3.63, 3.8) is 0 Å². The van der Waals surface area contributed by atoms with Gasteiger partial charge in [-0.3, -0.25) is 4.79 Å². The van der Waals surface area contributed by atoms with Crippen LogP contribution < -0.4 is 5.32 Å². The largest absolute Gasteiger partial charge is 0.500 e. The smallest absolute Gasteiger partial charge is 0.232 e. The van der Waals surface area contributed by atoms with Crippen LogP contribution in [0.5, 0.6) is 0 Å².